The largest absolute Gasteiger partial charge is 0.411 e. The minimum atomic E-state index is -4.30. The lowest BCUT2D eigenvalue weighted by atomic mass is 10.5. The summed E-state index contributed by atoms with van der Waals surface area (Å²) >= 11 is 0. The van der Waals surface area contributed by atoms with Gasteiger partial charge in [0.15, 0.2) is 0 Å². The molecule has 1 heterocycles. The summed E-state index contributed by atoms with van der Waals surface area (Å²) in [6, 6.07) is 0.170. The number of nitrogens with one attached hydrogen (secondary N) is 2. The van der Waals surface area contributed by atoms with E-state index in [9.17, 15) is 13.2 Å². The highest BCUT2D eigenvalue weighted by atomic mass is 19.4. The van der Waals surface area contributed by atoms with Crippen molar-refractivity contribution in [3.8, 4) is 0 Å². The van der Waals surface area contributed by atoms with Crippen molar-refractivity contribution in [3.63, 3.8) is 0 Å². The van der Waals surface area contributed by atoms with Crippen molar-refractivity contribution in [2.75, 3.05) is 31.6 Å². The lowest BCUT2D eigenvalue weighted by Gasteiger charge is -2.07. The van der Waals surface area contributed by atoms with Crippen LogP contribution in [0.15, 0.2) is 4.42 Å². The number of anilines is 1. The Morgan fingerprint density at radius 2 is 2.05 bits per heavy atom. The maximum atomic E-state index is 11.8. The van der Waals surface area contributed by atoms with Gasteiger partial charge < -0.3 is 19.8 Å². The van der Waals surface area contributed by atoms with Crippen molar-refractivity contribution >= 4 is 6.01 Å². The highest BCUT2D eigenvalue weighted by Gasteiger charge is 2.27. The maximum absolute atomic E-state index is 11.8. The minimum absolute atomic E-state index is 0.0920. The van der Waals surface area contributed by atoms with Gasteiger partial charge in [-0.1, -0.05) is 12.0 Å². The fourth-order valence-corrected chi connectivity index (χ4v) is 1.19. The fraction of sp³-hybridized carbons (Fsp3) is 0.800. The summed E-state index contributed by atoms with van der Waals surface area (Å²) in [6.07, 6.45) is -3.31. The van der Waals surface area contributed by atoms with E-state index in [4.69, 9.17) is 4.42 Å². The van der Waals surface area contributed by atoms with Crippen LogP contribution in [0.4, 0.5) is 19.2 Å². The van der Waals surface area contributed by atoms with E-state index in [1.165, 1.54) is 0 Å². The third-order valence-electron chi connectivity index (χ3n) is 1.96. The normalized spacial score (nSPS) is 11.8. The molecule has 9 heteroatoms. The minimum Gasteiger partial charge on any atom is -0.407 e. The molecule has 0 aliphatic rings. The lowest BCUT2D eigenvalue weighted by Crippen LogP contribution is -2.20. The number of alkyl halides is 3. The Morgan fingerprint density at radius 1 is 1.26 bits per heavy atom. The second-order valence-electron chi connectivity index (χ2n) is 3.77. The van der Waals surface area contributed by atoms with E-state index in [0.717, 1.165) is 13.0 Å². The first-order valence-electron chi connectivity index (χ1n) is 5.92. The van der Waals surface area contributed by atoms with Gasteiger partial charge in [-0.3, -0.25) is 0 Å². The zero-order valence-corrected chi connectivity index (χ0v) is 10.6. The topological polar surface area (TPSA) is 72.2 Å². The van der Waals surface area contributed by atoms with Crippen molar-refractivity contribution in [3.05, 3.63) is 5.89 Å². The average molecular weight is 282 g/mol. The predicted molar refractivity (Wildman–Crippen MR) is 61.7 cm³/mol. The molecular weight excluding hydrogens is 265 g/mol. The fourth-order valence-electron chi connectivity index (χ4n) is 1.19. The van der Waals surface area contributed by atoms with Gasteiger partial charge in [0.2, 0.25) is 5.89 Å². The van der Waals surface area contributed by atoms with Gasteiger partial charge in [0.1, 0.15) is 6.61 Å². The standard InChI is InChI=1S/C10H17F3N4O2/c1-2-3-14-6-8-16-17-9(19-8)15-4-5-18-7-10(11,12)13/h14H,2-7H2,1H3,(H,15,17). The molecule has 110 valence electrons. The summed E-state index contributed by atoms with van der Waals surface area (Å²) in [7, 11) is 0. The van der Waals surface area contributed by atoms with Crippen LogP contribution in [0.25, 0.3) is 0 Å². The molecular formula is C10H17F3N4O2. The third-order valence-corrected chi connectivity index (χ3v) is 1.96. The van der Waals surface area contributed by atoms with Gasteiger partial charge in [0, 0.05) is 6.54 Å². The molecule has 0 saturated heterocycles. The summed E-state index contributed by atoms with van der Waals surface area (Å²) in [5.74, 6) is 0.423. The van der Waals surface area contributed by atoms with Gasteiger partial charge in [0.05, 0.1) is 13.2 Å². The molecule has 19 heavy (non-hydrogen) atoms. The summed E-state index contributed by atoms with van der Waals surface area (Å²) in [5.41, 5.74) is 0. The Kier molecular flexibility index (Phi) is 6.57. The molecule has 0 aliphatic carbocycles. The Morgan fingerprint density at radius 3 is 2.74 bits per heavy atom. The van der Waals surface area contributed by atoms with Crippen molar-refractivity contribution in [2.45, 2.75) is 26.1 Å². The van der Waals surface area contributed by atoms with Crippen LogP contribution in [-0.4, -0.2) is 42.7 Å². The zero-order valence-electron chi connectivity index (χ0n) is 10.6. The molecule has 6 nitrogen and oxygen atoms in total. The first kappa shape index (κ1) is 15.7. The van der Waals surface area contributed by atoms with Crippen molar-refractivity contribution in [2.24, 2.45) is 0 Å². The maximum Gasteiger partial charge on any atom is 0.411 e. The van der Waals surface area contributed by atoms with Gasteiger partial charge >= 0.3 is 12.2 Å². The van der Waals surface area contributed by atoms with E-state index in [0.29, 0.717) is 12.4 Å². The van der Waals surface area contributed by atoms with Crippen LogP contribution in [0.3, 0.4) is 0 Å². The van der Waals surface area contributed by atoms with Crippen molar-refractivity contribution < 1.29 is 22.3 Å². The molecule has 0 saturated carbocycles. The number of ether oxygens (including phenoxy) is 1. The monoisotopic (exact) mass is 282 g/mol. The van der Waals surface area contributed by atoms with E-state index >= 15 is 0 Å². The van der Waals surface area contributed by atoms with Gasteiger partial charge in [-0.05, 0) is 13.0 Å². The van der Waals surface area contributed by atoms with Crippen LogP contribution in [0, 0.1) is 0 Å². The van der Waals surface area contributed by atoms with E-state index in [-0.39, 0.29) is 19.2 Å². The lowest BCUT2D eigenvalue weighted by molar-refractivity contribution is -0.172. The molecule has 0 bridgehead atoms. The highest BCUT2D eigenvalue weighted by molar-refractivity contribution is 5.16. The molecule has 2 N–H and O–H groups in total. The van der Waals surface area contributed by atoms with Crippen LogP contribution in [0.5, 0.6) is 0 Å². The molecule has 0 unspecified atom stereocenters. The Hall–Kier alpha value is -1.35. The molecule has 0 aromatic carbocycles. The number of hydrogen-bond donors (Lipinski definition) is 2. The summed E-state index contributed by atoms with van der Waals surface area (Å²) in [5, 5.41) is 13.2. The molecule has 0 fully saturated rings. The first-order chi connectivity index (χ1) is 9.01. The first-order valence-corrected chi connectivity index (χ1v) is 5.92. The van der Waals surface area contributed by atoms with Gasteiger partial charge in [-0.15, -0.1) is 5.10 Å². The Balaban J connectivity index is 2.12. The van der Waals surface area contributed by atoms with Crippen LogP contribution >= 0.6 is 0 Å². The van der Waals surface area contributed by atoms with Crippen LogP contribution in [0.2, 0.25) is 0 Å². The molecule has 1 aromatic rings. The van der Waals surface area contributed by atoms with E-state index in [1.54, 1.807) is 0 Å². The quantitative estimate of drug-likeness (QED) is 0.670. The Labute approximate surface area is 108 Å². The molecule has 0 aliphatic heterocycles. The SMILES string of the molecule is CCCNCc1nnc(NCCOCC(F)(F)F)o1. The number of hydrogen-bond acceptors (Lipinski definition) is 6. The molecule has 0 amide bonds. The van der Waals surface area contributed by atoms with E-state index in [1.807, 2.05) is 6.92 Å². The van der Waals surface area contributed by atoms with Crippen LogP contribution in [-0.2, 0) is 11.3 Å². The summed E-state index contributed by atoms with van der Waals surface area (Å²) < 4.78 is 44.9. The highest BCUT2D eigenvalue weighted by Crippen LogP contribution is 2.14. The van der Waals surface area contributed by atoms with Gasteiger partial charge in [-0.25, -0.2) is 0 Å². The number of rotatable bonds is 9. The Bertz CT molecular complexity index is 357. The molecule has 0 spiro atoms. The number of aromatic nitrogens is 2. The number of halogens is 3. The molecule has 0 atom stereocenters. The van der Waals surface area contributed by atoms with Gasteiger partial charge in [-0.2, -0.15) is 13.2 Å². The third kappa shape index (κ3) is 7.62. The van der Waals surface area contributed by atoms with Crippen molar-refractivity contribution in [1.82, 2.24) is 15.5 Å². The smallest absolute Gasteiger partial charge is 0.407 e. The van der Waals surface area contributed by atoms with E-state index in [2.05, 4.69) is 25.6 Å². The van der Waals surface area contributed by atoms with Crippen LogP contribution < -0.4 is 10.6 Å². The second kappa shape index (κ2) is 7.95. The van der Waals surface area contributed by atoms with Crippen molar-refractivity contribution in [1.29, 1.82) is 0 Å². The summed E-state index contributed by atoms with van der Waals surface area (Å²) in [6.45, 7) is 2.16. The predicted octanol–water partition coefficient (Wildman–Crippen LogP) is 1.56. The molecule has 1 rings (SSSR count). The van der Waals surface area contributed by atoms with Crippen LogP contribution in [0.1, 0.15) is 19.2 Å². The summed E-state index contributed by atoms with van der Waals surface area (Å²) in [4.78, 5) is 0. The number of nitrogens with zero attached hydrogens (tertiary/aromatic N) is 2. The average Bonchev–Trinajstić information content (AvgIpc) is 2.75. The van der Waals surface area contributed by atoms with Gasteiger partial charge in [0.25, 0.3) is 0 Å². The zero-order chi connectivity index (χ0) is 14.1. The van der Waals surface area contributed by atoms with E-state index < -0.39 is 12.8 Å². The molecule has 1 aromatic heterocycles. The second-order valence-corrected chi connectivity index (χ2v) is 3.77. The molecule has 0 radical (unpaired) electrons.